The number of pyridine rings is 1. The van der Waals surface area contributed by atoms with Crippen LogP contribution in [-0.4, -0.2) is 51.3 Å². The number of nitrogens with zero attached hydrogens (tertiary/aromatic N) is 4. The third kappa shape index (κ3) is 5.20. The van der Waals surface area contributed by atoms with Crippen LogP contribution < -0.4 is 10.6 Å². The molecule has 0 atom stereocenters. The lowest BCUT2D eigenvalue weighted by Gasteiger charge is -2.22. The lowest BCUT2D eigenvalue weighted by atomic mass is 9.98. The molecule has 1 aliphatic rings. The van der Waals surface area contributed by atoms with Gasteiger partial charge >= 0.3 is 0 Å². The highest BCUT2D eigenvalue weighted by molar-refractivity contribution is 6.15. The maximum atomic E-state index is 13.3. The normalized spacial score (nSPS) is 14.1. The quantitative estimate of drug-likeness (QED) is 0.429. The fourth-order valence-electron chi connectivity index (χ4n) is 4.35. The fourth-order valence-corrected chi connectivity index (χ4v) is 4.35. The Bertz CT molecular complexity index is 1330. The SMILES string of the molecule is O=C(NCC1CCOCC1)c1ncccc1NC(=O)c1ccc(Cn2cnnc2)c2ccccc12. The highest BCUT2D eigenvalue weighted by Gasteiger charge is 2.20. The molecule has 3 heterocycles. The molecule has 35 heavy (non-hydrogen) atoms. The van der Waals surface area contributed by atoms with Crippen molar-refractivity contribution in [2.75, 3.05) is 25.1 Å². The van der Waals surface area contributed by atoms with E-state index in [9.17, 15) is 9.59 Å². The minimum atomic E-state index is -0.304. The predicted octanol–water partition coefficient (Wildman–Crippen LogP) is 3.28. The van der Waals surface area contributed by atoms with E-state index in [1.807, 2.05) is 34.9 Å². The van der Waals surface area contributed by atoms with Crippen molar-refractivity contribution in [2.45, 2.75) is 19.4 Å². The number of rotatable bonds is 7. The van der Waals surface area contributed by atoms with Crippen molar-refractivity contribution in [1.29, 1.82) is 0 Å². The van der Waals surface area contributed by atoms with E-state index >= 15 is 0 Å². The number of anilines is 1. The Hall–Kier alpha value is -4.11. The predicted molar refractivity (Wildman–Crippen MR) is 131 cm³/mol. The van der Waals surface area contributed by atoms with Gasteiger partial charge in [0.1, 0.15) is 12.7 Å². The third-order valence-corrected chi connectivity index (χ3v) is 6.24. The standard InChI is InChI=1S/C26H26N6O3/c33-25(22-8-7-19(15-32-16-29-30-17-32)20-4-1-2-5-21(20)22)31-23-6-3-11-27-24(23)26(34)28-14-18-9-12-35-13-10-18/h1-8,11,16-18H,9-10,12-15H2,(H,28,34)(H,31,33). The van der Waals surface area contributed by atoms with E-state index < -0.39 is 0 Å². The molecule has 178 valence electrons. The average Bonchev–Trinajstić information content (AvgIpc) is 3.41. The van der Waals surface area contributed by atoms with Gasteiger partial charge in [-0.15, -0.1) is 10.2 Å². The summed E-state index contributed by atoms with van der Waals surface area (Å²) in [6.07, 6.45) is 6.71. The molecule has 2 N–H and O–H groups in total. The number of carbonyl (C=O) groups is 2. The molecule has 0 radical (unpaired) electrons. The molecule has 4 aromatic rings. The Balaban J connectivity index is 1.35. The molecule has 0 aliphatic carbocycles. The second-order valence-corrected chi connectivity index (χ2v) is 8.57. The Kier molecular flexibility index (Phi) is 6.76. The van der Waals surface area contributed by atoms with Gasteiger partial charge in [0.25, 0.3) is 11.8 Å². The molecule has 1 fully saturated rings. The molecule has 1 saturated heterocycles. The molecular formula is C26H26N6O3. The van der Waals surface area contributed by atoms with Gasteiger partial charge in [0.2, 0.25) is 0 Å². The Morgan fingerprint density at radius 3 is 2.51 bits per heavy atom. The first-order valence-corrected chi connectivity index (χ1v) is 11.6. The van der Waals surface area contributed by atoms with E-state index in [2.05, 4.69) is 25.8 Å². The Labute approximate surface area is 202 Å². The first-order chi connectivity index (χ1) is 17.2. The number of fused-ring (bicyclic) bond motifs is 1. The third-order valence-electron chi connectivity index (χ3n) is 6.24. The van der Waals surface area contributed by atoms with E-state index in [0.29, 0.717) is 30.3 Å². The second kappa shape index (κ2) is 10.4. The molecule has 0 saturated carbocycles. The van der Waals surface area contributed by atoms with Crippen LogP contribution in [0.5, 0.6) is 0 Å². The molecular weight excluding hydrogens is 444 g/mol. The van der Waals surface area contributed by atoms with Crippen LogP contribution >= 0.6 is 0 Å². The van der Waals surface area contributed by atoms with E-state index in [-0.39, 0.29) is 17.5 Å². The van der Waals surface area contributed by atoms with Gasteiger partial charge in [-0.3, -0.25) is 9.59 Å². The van der Waals surface area contributed by atoms with Crippen LogP contribution in [-0.2, 0) is 11.3 Å². The van der Waals surface area contributed by atoms with Crippen molar-refractivity contribution >= 4 is 28.3 Å². The van der Waals surface area contributed by atoms with Crippen LogP contribution in [0.4, 0.5) is 5.69 Å². The van der Waals surface area contributed by atoms with E-state index in [1.165, 1.54) is 0 Å². The minimum absolute atomic E-state index is 0.196. The summed E-state index contributed by atoms with van der Waals surface area (Å²) in [6.45, 7) is 2.59. The molecule has 9 nitrogen and oxygen atoms in total. The van der Waals surface area contributed by atoms with E-state index in [1.54, 1.807) is 37.1 Å². The zero-order chi connectivity index (χ0) is 24.0. The average molecular weight is 471 g/mol. The molecule has 1 aliphatic heterocycles. The van der Waals surface area contributed by atoms with Crippen LogP contribution in [0.25, 0.3) is 10.8 Å². The monoisotopic (exact) mass is 470 g/mol. The van der Waals surface area contributed by atoms with Crippen molar-refractivity contribution in [2.24, 2.45) is 5.92 Å². The summed E-state index contributed by atoms with van der Waals surface area (Å²) in [5, 5.41) is 15.4. The summed E-state index contributed by atoms with van der Waals surface area (Å²) < 4.78 is 7.26. The van der Waals surface area contributed by atoms with Gasteiger partial charge in [0.15, 0.2) is 5.69 Å². The first kappa shape index (κ1) is 22.7. The van der Waals surface area contributed by atoms with Gasteiger partial charge in [-0.05, 0) is 53.3 Å². The van der Waals surface area contributed by atoms with Crippen molar-refractivity contribution in [1.82, 2.24) is 25.1 Å². The van der Waals surface area contributed by atoms with Crippen molar-refractivity contribution in [3.8, 4) is 0 Å². The number of carbonyl (C=O) groups excluding carboxylic acids is 2. The summed E-state index contributed by atoms with van der Waals surface area (Å²) in [5.74, 6) is -0.220. The second-order valence-electron chi connectivity index (χ2n) is 8.57. The van der Waals surface area contributed by atoms with Gasteiger partial charge in [-0.2, -0.15) is 0 Å². The van der Waals surface area contributed by atoms with E-state index in [4.69, 9.17) is 4.74 Å². The summed E-state index contributed by atoms with van der Waals surface area (Å²) in [7, 11) is 0. The van der Waals surface area contributed by atoms with Gasteiger partial charge in [0, 0.05) is 31.5 Å². The zero-order valence-corrected chi connectivity index (χ0v) is 19.2. The zero-order valence-electron chi connectivity index (χ0n) is 19.2. The molecule has 2 aromatic heterocycles. The van der Waals surface area contributed by atoms with Gasteiger partial charge < -0.3 is 19.9 Å². The number of hydrogen-bond acceptors (Lipinski definition) is 6. The first-order valence-electron chi connectivity index (χ1n) is 11.6. The summed E-state index contributed by atoms with van der Waals surface area (Å²) in [5.41, 5.74) is 2.14. The lowest BCUT2D eigenvalue weighted by molar-refractivity contribution is 0.0642. The maximum Gasteiger partial charge on any atom is 0.272 e. The molecule has 0 spiro atoms. The van der Waals surface area contributed by atoms with Crippen molar-refractivity contribution in [3.63, 3.8) is 0 Å². The smallest absolute Gasteiger partial charge is 0.272 e. The van der Waals surface area contributed by atoms with Crippen LogP contribution in [0.3, 0.4) is 0 Å². The fraction of sp³-hybridized carbons (Fsp3) is 0.269. The molecule has 5 rings (SSSR count). The number of aromatic nitrogens is 4. The van der Waals surface area contributed by atoms with Crippen LogP contribution in [0.15, 0.2) is 67.4 Å². The van der Waals surface area contributed by atoms with Crippen LogP contribution in [0, 0.1) is 5.92 Å². The number of ether oxygens (including phenoxy) is 1. The molecule has 0 unspecified atom stereocenters. The number of amides is 2. The van der Waals surface area contributed by atoms with Gasteiger partial charge in [-0.1, -0.05) is 30.3 Å². The molecule has 2 aromatic carbocycles. The number of benzene rings is 2. The Morgan fingerprint density at radius 1 is 0.943 bits per heavy atom. The Morgan fingerprint density at radius 2 is 1.71 bits per heavy atom. The number of nitrogens with one attached hydrogen (secondary N) is 2. The maximum absolute atomic E-state index is 13.3. The summed E-state index contributed by atoms with van der Waals surface area (Å²) in [4.78, 5) is 30.4. The summed E-state index contributed by atoms with van der Waals surface area (Å²) >= 11 is 0. The summed E-state index contributed by atoms with van der Waals surface area (Å²) in [6, 6.07) is 14.9. The number of hydrogen-bond donors (Lipinski definition) is 2. The highest BCUT2D eigenvalue weighted by Crippen LogP contribution is 2.25. The van der Waals surface area contributed by atoms with Gasteiger partial charge in [0.05, 0.1) is 12.2 Å². The highest BCUT2D eigenvalue weighted by atomic mass is 16.5. The molecule has 0 bridgehead atoms. The lowest BCUT2D eigenvalue weighted by Crippen LogP contribution is -2.33. The van der Waals surface area contributed by atoms with Crippen LogP contribution in [0.1, 0.15) is 39.3 Å². The molecule has 9 heteroatoms. The minimum Gasteiger partial charge on any atom is -0.381 e. The van der Waals surface area contributed by atoms with E-state index in [0.717, 1.165) is 42.4 Å². The van der Waals surface area contributed by atoms with Crippen molar-refractivity contribution < 1.29 is 14.3 Å². The topological polar surface area (TPSA) is 111 Å². The largest absolute Gasteiger partial charge is 0.381 e. The van der Waals surface area contributed by atoms with Crippen LogP contribution in [0.2, 0.25) is 0 Å². The molecule has 2 amide bonds. The van der Waals surface area contributed by atoms with Crippen molar-refractivity contribution in [3.05, 3.63) is 84.2 Å². The van der Waals surface area contributed by atoms with Gasteiger partial charge in [-0.25, -0.2) is 4.98 Å².